The SMILES string of the molecule is CCN1CCC(CNCc2ccc(CC(=O)O)cc2)C1. The van der Waals surface area contributed by atoms with Crippen LogP contribution in [0.15, 0.2) is 24.3 Å². The average Bonchev–Trinajstić information content (AvgIpc) is 2.88. The highest BCUT2D eigenvalue weighted by Crippen LogP contribution is 2.14. The van der Waals surface area contributed by atoms with Crippen LogP contribution in [0.25, 0.3) is 0 Å². The van der Waals surface area contributed by atoms with Gasteiger partial charge in [0.15, 0.2) is 0 Å². The molecule has 0 amide bonds. The van der Waals surface area contributed by atoms with Gasteiger partial charge in [-0.25, -0.2) is 0 Å². The zero-order valence-corrected chi connectivity index (χ0v) is 12.1. The molecule has 0 radical (unpaired) electrons. The molecule has 1 aromatic carbocycles. The Balaban J connectivity index is 1.70. The minimum absolute atomic E-state index is 0.0998. The molecule has 1 heterocycles. The first kappa shape index (κ1) is 15.0. The molecule has 1 aromatic rings. The Bertz CT molecular complexity index is 431. The van der Waals surface area contributed by atoms with Crippen molar-refractivity contribution in [3.05, 3.63) is 35.4 Å². The normalized spacial score (nSPS) is 19.4. The fourth-order valence-electron chi connectivity index (χ4n) is 2.74. The first-order valence-electron chi connectivity index (χ1n) is 7.40. The molecule has 1 aliphatic heterocycles. The smallest absolute Gasteiger partial charge is 0.307 e. The Morgan fingerprint density at radius 3 is 2.65 bits per heavy atom. The Labute approximate surface area is 120 Å². The molecule has 1 aliphatic rings. The molecule has 0 saturated carbocycles. The molecule has 1 fully saturated rings. The molecule has 110 valence electrons. The maximum Gasteiger partial charge on any atom is 0.307 e. The second-order valence-corrected chi connectivity index (χ2v) is 5.57. The van der Waals surface area contributed by atoms with Crippen LogP contribution in [0, 0.1) is 5.92 Å². The highest BCUT2D eigenvalue weighted by Gasteiger charge is 2.20. The predicted octanol–water partition coefficient (Wildman–Crippen LogP) is 1.75. The molecule has 4 nitrogen and oxygen atoms in total. The molecule has 0 spiro atoms. The fourth-order valence-corrected chi connectivity index (χ4v) is 2.74. The van der Waals surface area contributed by atoms with Crippen molar-refractivity contribution in [2.45, 2.75) is 26.3 Å². The number of carboxylic acid groups (broad SMARTS) is 1. The van der Waals surface area contributed by atoms with Crippen molar-refractivity contribution in [3.63, 3.8) is 0 Å². The van der Waals surface area contributed by atoms with Crippen LogP contribution >= 0.6 is 0 Å². The van der Waals surface area contributed by atoms with Gasteiger partial charge >= 0.3 is 5.97 Å². The van der Waals surface area contributed by atoms with E-state index in [0.717, 1.165) is 31.1 Å². The van der Waals surface area contributed by atoms with Gasteiger partial charge in [0.05, 0.1) is 6.42 Å². The summed E-state index contributed by atoms with van der Waals surface area (Å²) >= 11 is 0. The van der Waals surface area contributed by atoms with E-state index < -0.39 is 5.97 Å². The lowest BCUT2D eigenvalue weighted by Gasteiger charge is -2.13. The number of hydrogen-bond donors (Lipinski definition) is 2. The summed E-state index contributed by atoms with van der Waals surface area (Å²) < 4.78 is 0. The van der Waals surface area contributed by atoms with Crippen molar-refractivity contribution in [1.82, 2.24) is 10.2 Å². The van der Waals surface area contributed by atoms with Gasteiger partial charge in [-0.1, -0.05) is 31.2 Å². The zero-order chi connectivity index (χ0) is 14.4. The van der Waals surface area contributed by atoms with Crippen LogP contribution in [0.3, 0.4) is 0 Å². The molecule has 2 rings (SSSR count). The van der Waals surface area contributed by atoms with Gasteiger partial charge in [-0.2, -0.15) is 0 Å². The minimum Gasteiger partial charge on any atom is -0.481 e. The lowest BCUT2D eigenvalue weighted by atomic mass is 10.1. The van der Waals surface area contributed by atoms with E-state index in [9.17, 15) is 4.79 Å². The number of carboxylic acids is 1. The van der Waals surface area contributed by atoms with Gasteiger partial charge < -0.3 is 15.3 Å². The number of likely N-dealkylation sites (tertiary alicyclic amines) is 1. The van der Waals surface area contributed by atoms with E-state index in [1.54, 1.807) is 0 Å². The Morgan fingerprint density at radius 2 is 2.05 bits per heavy atom. The van der Waals surface area contributed by atoms with Gasteiger partial charge in [-0.3, -0.25) is 4.79 Å². The van der Waals surface area contributed by atoms with Crippen molar-refractivity contribution >= 4 is 5.97 Å². The Morgan fingerprint density at radius 1 is 1.35 bits per heavy atom. The predicted molar refractivity (Wildman–Crippen MR) is 79.7 cm³/mol. The fraction of sp³-hybridized carbons (Fsp3) is 0.562. The van der Waals surface area contributed by atoms with Crippen molar-refractivity contribution in [2.24, 2.45) is 5.92 Å². The Kier molecular flexibility index (Phi) is 5.56. The van der Waals surface area contributed by atoms with Gasteiger partial charge in [0.2, 0.25) is 0 Å². The number of carbonyl (C=O) groups is 1. The van der Waals surface area contributed by atoms with Crippen molar-refractivity contribution < 1.29 is 9.90 Å². The number of nitrogens with one attached hydrogen (secondary N) is 1. The van der Waals surface area contributed by atoms with Gasteiger partial charge in [-0.15, -0.1) is 0 Å². The zero-order valence-electron chi connectivity index (χ0n) is 12.1. The molecular formula is C16H24N2O2. The van der Waals surface area contributed by atoms with Gasteiger partial charge in [0, 0.05) is 13.1 Å². The van der Waals surface area contributed by atoms with Crippen LogP contribution < -0.4 is 5.32 Å². The van der Waals surface area contributed by atoms with E-state index in [4.69, 9.17) is 5.11 Å². The summed E-state index contributed by atoms with van der Waals surface area (Å²) in [7, 11) is 0. The van der Waals surface area contributed by atoms with E-state index >= 15 is 0 Å². The van der Waals surface area contributed by atoms with Crippen LogP contribution in [-0.4, -0.2) is 42.2 Å². The molecule has 1 saturated heterocycles. The summed E-state index contributed by atoms with van der Waals surface area (Å²) in [6, 6.07) is 7.83. The maximum atomic E-state index is 10.6. The molecule has 0 aromatic heterocycles. The monoisotopic (exact) mass is 276 g/mol. The summed E-state index contributed by atoms with van der Waals surface area (Å²) in [6.45, 7) is 7.73. The number of rotatable bonds is 7. The third-order valence-electron chi connectivity index (χ3n) is 3.96. The topological polar surface area (TPSA) is 52.6 Å². The average molecular weight is 276 g/mol. The van der Waals surface area contributed by atoms with Crippen LogP contribution in [0.5, 0.6) is 0 Å². The van der Waals surface area contributed by atoms with Gasteiger partial charge in [0.1, 0.15) is 0 Å². The number of aliphatic carboxylic acids is 1. The second-order valence-electron chi connectivity index (χ2n) is 5.57. The third kappa shape index (κ3) is 4.62. The molecule has 0 aliphatic carbocycles. The first-order chi connectivity index (χ1) is 9.67. The van der Waals surface area contributed by atoms with E-state index in [0.29, 0.717) is 0 Å². The van der Waals surface area contributed by atoms with Crippen molar-refractivity contribution in [2.75, 3.05) is 26.2 Å². The lowest BCUT2D eigenvalue weighted by molar-refractivity contribution is -0.136. The molecular weight excluding hydrogens is 252 g/mol. The van der Waals surface area contributed by atoms with E-state index in [1.165, 1.54) is 25.1 Å². The number of benzene rings is 1. The van der Waals surface area contributed by atoms with Gasteiger partial charge in [-0.05, 0) is 43.1 Å². The standard InChI is InChI=1S/C16H24N2O2/c1-2-18-8-7-15(12-18)11-17-10-14-5-3-13(4-6-14)9-16(19)20/h3-6,15,17H,2,7-12H2,1H3,(H,19,20). The summed E-state index contributed by atoms with van der Waals surface area (Å²) in [6.07, 6.45) is 1.39. The second kappa shape index (κ2) is 7.41. The summed E-state index contributed by atoms with van der Waals surface area (Å²) in [5.41, 5.74) is 2.07. The van der Waals surface area contributed by atoms with Gasteiger partial charge in [0.25, 0.3) is 0 Å². The number of nitrogens with zero attached hydrogens (tertiary/aromatic N) is 1. The van der Waals surface area contributed by atoms with Crippen LogP contribution in [0.2, 0.25) is 0 Å². The van der Waals surface area contributed by atoms with E-state index in [1.807, 2.05) is 24.3 Å². The quantitative estimate of drug-likeness (QED) is 0.796. The highest BCUT2D eigenvalue weighted by atomic mass is 16.4. The Hall–Kier alpha value is -1.39. The molecule has 1 unspecified atom stereocenters. The summed E-state index contributed by atoms with van der Waals surface area (Å²) in [5, 5.41) is 12.2. The van der Waals surface area contributed by atoms with Crippen LogP contribution in [0.1, 0.15) is 24.5 Å². The molecule has 2 N–H and O–H groups in total. The van der Waals surface area contributed by atoms with Crippen LogP contribution in [0.4, 0.5) is 0 Å². The lowest BCUT2D eigenvalue weighted by Crippen LogP contribution is -2.26. The molecule has 0 bridgehead atoms. The largest absolute Gasteiger partial charge is 0.481 e. The third-order valence-corrected chi connectivity index (χ3v) is 3.96. The molecule has 1 atom stereocenters. The molecule has 20 heavy (non-hydrogen) atoms. The van der Waals surface area contributed by atoms with Crippen molar-refractivity contribution in [3.8, 4) is 0 Å². The van der Waals surface area contributed by atoms with Crippen LogP contribution in [-0.2, 0) is 17.8 Å². The highest BCUT2D eigenvalue weighted by molar-refractivity contribution is 5.70. The maximum absolute atomic E-state index is 10.6. The number of hydrogen-bond acceptors (Lipinski definition) is 3. The van der Waals surface area contributed by atoms with E-state index in [-0.39, 0.29) is 6.42 Å². The van der Waals surface area contributed by atoms with Crippen molar-refractivity contribution in [1.29, 1.82) is 0 Å². The van der Waals surface area contributed by atoms with E-state index in [2.05, 4.69) is 17.1 Å². The molecule has 4 heteroatoms. The summed E-state index contributed by atoms with van der Waals surface area (Å²) in [5.74, 6) is -0.0150. The summed E-state index contributed by atoms with van der Waals surface area (Å²) in [4.78, 5) is 13.1. The minimum atomic E-state index is -0.780. The first-order valence-corrected chi connectivity index (χ1v) is 7.40.